The third-order valence-corrected chi connectivity index (χ3v) is 2.71. The lowest BCUT2D eigenvalue weighted by Crippen LogP contribution is -2.38. The highest BCUT2D eigenvalue weighted by atomic mass is 19.3. The van der Waals surface area contributed by atoms with Gasteiger partial charge in [-0.1, -0.05) is 17.3 Å². The van der Waals surface area contributed by atoms with E-state index in [1.54, 1.807) is 25.1 Å². The Bertz CT molecular complexity index is 602. The molecule has 2 rings (SSSR count). The molecule has 0 fully saturated rings. The smallest absolute Gasteiger partial charge is 0.387 e. The van der Waals surface area contributed by atoms with Crippen LogP contribution in [0.15, 0.2) is 28.8 Å². The van der Waals surface area contributed by atoms with Crippen molar-refractivity contribution in [1.29, 1.82) is 0 Å². The topological polar surface area (TPSA) is 83.4 Å². The van der Waals surface area contributed by atoms with E-state index in [2.05, 4.69) is 14.9 Å². The summed E-state index contributed by atoms with van der Waals surface area (Å²) in [7, 11) is 1.50. The number of halogens is 2. The highest BCUT2D eigenvalue weighted by Gasteiger charge is 2.28. The van der Waals surface area contributed by atoms with Gasteiger partial charge in [0.05, 0.1) is 12.2 Å². The van der Waals surface area contributed by atoms with Crippen molar-refractivity contribution < 1.29 is 22.8 Å². The van der Waals surface area contributed by atoms with E-state index in [0.29, 0.717) is 0 Å². The SMILES string of the molecule is COCC(C)(N)c1noc(-c2ccccc2OC(F)F)n1. The summed E-state index contributed by atoms with van der Waals surface area (Å²) in [6.07, 6.45) is 0. The molecule has 1 atom stereocenters. The Balaban J connectivity index is 2.34. The van der Waals surface area contributed by atoms with Crippen LogP contribution in [0.5, 0.6) is 5.75 Å². The van der Waals surface area contributed by atoms with Crippen LogP contribution in [-0.4, -0.2) is 30.5 Å². The molecule has 0 bridgehead atoms. The first kappa shape index (κ1) is 15.3. The Hall–Kier alpha value is -2.06. The monoisotopic (exact) mass is 299 g/mol. The van der Waals surface area contributed by atoms with Crippen LogP contribution in [0.25, 0.3) is 11.5 Å². The number of nitrogens with two attached hydrogens (primary N) is 1. The maximum absolute atomic E-state index is 12.4. The van der Waals surface area contributed by atoms with Crippen LogP contribution in [0.2, 0.25) is 0 Å². The zero-order valence-electron chi connectivity index (χ0n) is 11.5. The third kappa shape index (κ3) is 3.53. The first-order valence-electron chi connectivity index (χ1n) is 6.10. The lowest BCUT2D eigenvalue weighted by molar-refractivity contribution is -0.0495. The van der Waals surface area contributed by atoms with Crippen molar-refractivity contribution in [3.63, 3.8) is 0 Å². The van der Waals surface area contributed by atoms with Crippen molar-refractivity contribution in [2.24, 2.45) is 5.73 Å². The van der Waals surface area contributed by atoms with Crippen molar-refractivity contribution in [3.8, 4) is 17.2 Å². The number of ether oxygens (including phenoxy) is 2. The quantitative estimate of drug-likeness (QED) is 0.880. The summed E-state index contributed by atoms with van der Waals surface area (Å²) in [5.41, 5.74) is 5.32. The molecule has 0 aliphatic heterocycles. The summed E-state index contributed by atoms with van der Waals surface area (Å²) in [6, 6.07) is 6.14. The van der Waals surface area contributed by atoms with Crippen LogP contribution in [0.3, 0.4) is 0 Å². The van der Waals surface area contributed by atoms with E-state index >= 15 is 0 Å². The predicted octanol–water partition coefficient (Wildman–Crippen LogP) is 2.16. The van der Waals surface area contributed by atoms with Gasteiger partial charge in [0.25, 0.3) is 5.89 Å². The number of aromatic nitrogens is 2. The molecule has 0 saturated carbocycles. The van der Waals surface area contributed by atoms with Gasteiger partial charge in [0.2, 0.25) is 0 Å². The van der Waals surface area contributed by atoms with Crippen molar-refractivity contribution in [3.05, 3.63) is 30.1 Å². The normalized spacial score (nSPS) is 14.2. The fourth-order valence-corrected chi connectivity index (χ4v) is 1.77. The Kier molecular flexibility index (Phi) is 4.49. The van der Waals surface area contributed by atoms with Gasteiger partial charge in [-0.2, -0.15) is 13.8 Å². The number of hydrogen-bond acceptors (Lipinski definition) is 6. The molecule has 0 amide bonds. The number of methoxy groups -OCH3 is 1. The molecule has 0 saturated heterocycles. The predicted molar refractivity (Wildman–Crippen MR) is 69.8 cm³/mol. The molecule has 0 spiro atoms. The van der Waals surface area contributed by atoms with E-state index in [1.807, 2.05) is 0 Å². The molecule has 0 radical (unpaired) electrons. The van der Waals surface area contributed by atoms with Crippen molar-refractivity contribution in [1.82, 2.24) is 10.1 Å². The fourth-order valence-electron chi connectivity index (χ4n) is 1.77. The van der Waals surface area contributed by atoms with E-state index in [0.717, 1.165) is 0 Å². The van der Waals surface area contributed by atoms with Gasteiger partial charge in [0, 0.05) is 7.11 Å². The first-order chi connectivity index (χ1) is 9.94. The Morgan fingerprint density at radius 2 is 2.10 bits per heavy atom. The Morgan fingerprint density at radius 1 is 1.38 bits per heavy atom. The minimum atomic E-state index is -2.94. The van der Waals surface area contributed by atoms with E-state index in [4.69, 9.17) is 15.0 Å². The van der Waals surface area contributed by atoms with E-state index in [1.165, 1.54) is 13.2 Å². The molecule has 6 nitrogen and oxygen atoms in total. The van der Waals surface area contributed by atoms with E-state index < -0.39 is 12.2 Å². The Labute approximate surface area is 119 Å². The van der Waals surface area contributed by atoms with Gasteiger partial charge >= 0.3 is 6.61 Å². The minimum Gasteiger partial charge on any atom is -0.434 e. The van der Waals surface area contributed by atoms with Gasteiger partial charge in [0.15, 0.2) is 5.82 Å². The molecule has 1 heterocycles. The van der Waals surface area contributed by atoms with Gasteiger partial charge in [-0.3, -0.25) is 0 Å². The number of para-hydroxylation sites is 1. The largest absolute Gasteiger partial charge is 0.434 e. The molecule has 1 unspecified atom stereocenters. The van der Waals surface area contributed by atoms with Crippen LogP contribution in [0.1, 0.15) is 12.7 Å². The zero-order valence-corrected chi connectivity index (χ0v) is 11.5. The minimum absolute atomic E-state index is 0.0480. The first-order valence-corrected chi connectivity index (χ1v) is 6.10. The highest BCUT2D eigenvalue weighted by molar-refractivity contribution is 5.62. The lowest BCUT2D eigenvalue weighted by Gasteiger charge is -2.18. The molecule has 1 aromatic heterocycles. The number of benzene rings is 1. The number of nitrogens with zero attached hydrogens (tertiary/aromatic N) is 2. The van der Waals surface area contributed by atoms with Gasteiger partial charge in [-0.15, -0.1) is 0 Å². The summed E-state index contributed by atoms with van der Waals surface area (Å²) >= 11 is 0. The summed E-state index contributed by atoms with van der Waals surface area (Å²) in [6.45, 7) is -1.09. The maximum atomic E-state index is 12.4. The summed E-state index contributed by atoms with van der Waals surface area (Å²) < 4.78 is 39.3. The molecule has 114 valence electrons. The fraction of sp³-hybridized carbons (Fsp3) is 0.385. The van der Waals surface area contributed by atoms with Crippen LogP contribution in [0.4, 0.5) is 8.78 Å². The van der Waals surface area contributed by atoms with Gasteiger partial charge < -0.3 is 19.7 Å². The average molecular weight is 299 g/mol. The Morgan fingerprint density at radius 3 is 2.76 bits per heavy atom. The van der Waals surface area contributed by atoms with Crippen LogP contribution < -0.4 is 10.5 Å². The molecular formula is C13H15F2N3O3. The molecule has 0 aliphatic rings. The van der Waals surface area contributed by atoms with Gasteiger partial charge in [-0.05, 0) is 19.1 Å². The molecule has 8 heteroatoms. The van der Waals surface area contributed by atoms with Crippen LogP contribution in [0, 0.1) is 0 Å². The van der Waals surface area contributed by atoms with Crippen LogP contribution in [-0.2, 0) is 10.3 Å². The van der Waals surface area contributed by atoms with Crippen molar-refractivity contribution >= 4 is 0 Å². The zero-order chi connectivity index (χ0) is 15.5. The summed E-state index contributed by atoms with van der Waals surface area (Å²) in [5.74, 6) is 0.216. The molecule has 2 N–H and O–H groups in total. The average Bonchev–Trinajstić information content (AvgIpc) is 2.89. The number of alkyl halides is 2. The second kappa shape index (κ2) is 6.15. The molecular weight excluding hydrogens is 284 g/mol. The molecule has 0 aliphatic carbocycles. The van der Waals surface area contributed by atoms with Crippen LogP contribution >= 0.6 is 0 Å². The van der Waals surface area contributed by atoms with Gasteiger partial charge in [0.1, 0.15) is 11.3 Å². The second-order valence-electron chi connectivity index (χ2n) is 4.65. The summed E-state index contributed by atoms with van der Waals surface area (Å²) in [4.78, 5) is 4.13. The molecule has 2 aromatic rings. The van der Waals surface area contributed by atoms with E-state index in [-0.39, 0.29) is 29.6 Å². The summed E-state index contributed by atoms with van der Waals surface area (Å²) in [5, 5.41) is 3.77. The molecule has 21 heavy (non-hydrogen) atoms. The highest BCUT2D eigenvalue weighted by Crippen LogP contribution is 2.30. The maximum Gasteiger partial charge on any atom is 0.387 e. The second-order valence-corrected chi connectivity index (χ2v) is 4.65. The van der Waals surface area contributed by atoms with E-state index in [9.17, 15) is 8.78 Å². The molecule has 1 aromatic carbocycles. The van der Waals surface area contributed by atoms with Crippen molar-refractivity contribution in [2.45, 2.75) is 19.1 Å². The third-order valence-electron chi connectivity index (χ3n) is 2.71. The standard InChI is InChI=1S/C13H15F2N3O3/c1-13(16,7-19-2)11-17-10(21-18-11)8-5-3-4-6-9(8)20-12(14)15/h3-6,12H,7,16H2,1-2H3. The number of rotatable bonds is 6. The number of hydrogen-bond donors (Lipinski definition) is 1. The lowest BCUT2D eigenvalue weighted by atomic mass is 10.1. The van der Waals surface area contributed by atoms with Crippen molar-refractivity contribution in [2.75, 3.05) is 13.7 Å². The van der Waals surface area contributed by atoms with Gasteiger partial charge in [-0.25, -0.2) is 0 Å².